The SMILES string of the molecule is Cc1cc(C)c(NC(=O)CN(C)CC(O)COC(C)(C)C)c(C)c1. The minimum atomic E-state index is -0.620. The van der Waals surface area contributed by atoms with Crippen LogP contribution in [0.2, 0.25) is 0 Å². The fourth-order valence-corrected chi connectivity index (χ4v) is 2.62. The molecular weight excluding hydrogens is 304 g/mol. The topological polar surface area (TPSA) is 61.8 Å². The highest BCUT2D eigenvalue weighted by molar-refractivity contribution is 5.93. The standard InChI is InChI=1S/C19H32N2O3/c1-13-8-14(2)18(15(3)9-13)20-17(23)11-21(7)10-16(22)12-24-19(4,5)6/h8-9,16,22H,10-12H2,1-7H3,(H,20,23). The van der Waals surface area contributed by atoms with Crippen molar-refractivity contribution in [3.63, 3.8) is 0 Å². The Bertz CT molecular complexity index is 541. The lowest BCUT2D eigenvalue weighted by atomic mass is 10.1. The van der Waals surface area contributed by atoms with Gasteiger partial charge in [0, 0.05) is 12.2 Å². The van der Waals surface area contributed by atoms with Crippen molar-refractivity contribution in [2.24, 2.45) is 0 Å². The summed E-state index contributed by atoms with van der Waals surface area (Å²) in [6, 6.07) is 4.11. The first-order valence-electron chi connectivity index (χ1n) is 8.36. The Morgan fingerprint density at radius 3 is 2.29 bits per heavy atom. The molecule has 5 nitrogen and oxygen atoms in total. The maximum Gasteiger partial charge on any atom is 0.238 e. The third-order valence-electron chi connectivity index (χ3n) is 3.59. The van der Waals surface area contributed by atoms with E-state index >= 15 is 0 Å². The maximum atomic E-state index is 12.2. The van der Waals surface area contributed by atoms with Gasteiger partial charge in [-0.3, -0.25) is 9.69 Å². The molecule has 1 aromatic rings. The van der Waals surface area contributed by atoms with E-state index in [1.807, 2.05) is 48.6 Å². The van der Waals surface area contributed by atoms with Crippen LogP contribution in [0.1, 0.15) is 37.5 Å². The number of nitrogens with one attached hydrogen (secondary N) is 1. The van der Waals surface area contributed by atoms with Crippen molar-refractivity contribution in [3.05, 3.63) is 28.8 Å². The van der Waals surface area contributed by atoms with Crippen LogP contribution >= 0.6 is 0 Å². The minimum absolute atomic E-state index is 0.0866. The molecule has 5 heteroatoms. The minimum Gasteiger partial charge on any atom is -0.389 e. The summed E-state index contributed by atoms with van der Waals surface area (Å²) in [5.41, 5.74) is 3.89. The largest absolute Gasteiger partial charge is 0.389 e. The first-order chi connectivity index (χ1) is 11.0. The zero-order chi connectivity index (χ0) is 18.5. The zero-order valence-corrected chi connectivity index (χ0v) is 16.1. The smallest absolute Gasteiger partial charge is 0.238 e. The number of hydrogen-bond donors (Lipinski definition) is 2. The van der Waals surface area contributed by atoms with Crippen molar-refractivity contribution in [1.82, 2.24) is 4.90 Å². The lowest BCUT2D eigenvalue weighted by molar-refractivity contribution is -0.117. The Morgan fingerprint density at radius 1 is 1.25 bits per heavy atom. The summed E-state index contributed by atoms with van der Waals surface area (Å²) in [5, 5.41) is 13.0. The van der Waals surface area contributed by atoms with Crippen molar-refractivity contribution in [1.29, 1.82) is 0 Å². The molecule has 1 unspecified atom stereocenters. The lowest BCUT2D eigenvalue weighted by Gasteiger charge is -2.25. The summed E-state index contributed by atoms with van der Waals surface area (Å²) >= 11 is 0. The zero-order valence-electron chi connectivity index (χ0n) is 16.1. The number of aryl methyl sites for hydroxylation is 3. The Morgan fingerprint density at radius 2 is 1.79 bits per heavy atom. The van der Waals surface area contributed by atoms with E-state index in [4.69, 9.17) is 4.74 Å². The van der Waals surface area contributed by atoms with Crippen LogP contribution in [0.25, 0.3) is 0 Å². The summed E-state index contributed by atoms with van der Waals surface area (Å²) in [6.07, 6.45) is -0.620. The monoisotopic (exact) mass is 336 g/mol. The normalized spacial score (nSPS) is 13.2. The molecule has 2 N–H and O–H groups in total. The predicted octanol–water partition coefficient (Wildman–Crippen LogP) is 2.66. The van der Waals surface area contributed by atoms with Crippen LogP contribution in [-0.2, 0) is 9.53 Å². The van der Waals surface area contributed by atoms with Crippen molar-refractivity contribution in [2.75, 3.05) is 32.1 Å². The average molecular weight is 336 g/mol. The van der Waals surface area contributed by atoms with E-state index in [1.165, 1.54) is 5.56 Å². The van der Waals surface area contributed by atoms with E-state index in [0.717, 1.165) is 16.8 Å². The number of rotatable bonds is 7. The number of amides is 1. The second-order valence-corrected chi connectivity index (χ2v) is 7.60. The molecule has 0 fully saturated rings. The molecule has 1 aromatic carbocycles. The number of likely N-dealkylation sites (N-methyl/N-ethyl adjacent to an activating group) is 1. The molecule has 0 saturated heterocycles. The molecule has 0 aliphatic heterocycles. The molecule has 0 radical (unpaired) electrons. The van der Waals surface area contributed by atoms with Crippen LogP contribution in [0.4, 0.5) is 5.69 Å². The van der Waals surface area contributed by atoms with Gasteiger partial charge in [0.2, 0.25) is 5.91 Å². The van der Waals surface area contributed by atoms with Crippen LogP contribution in [0.3, 0.4) is 0 Å². The van der Waals surface area contributed by atoms with E-state index in [9.17, 15) is 9.90 Å². The number of nitrogens with zero attached hydrogens (tertiary/aromatic N) is 1. The highest BCUT2D eigenvalue weighted by Gasteiger charge is 2.17. The van der Waals surface area contributed by atoms with Gasteiger partial charge in [-0.05, 0) is 59.7 Å². The van der Waals surface area contributed by atoms with E-state index in [0.29, 0.717) is 6.54 Å². The number of hydrogen-bond acceptors (Lipinski definition) is 4. The molecule has 0 heterocycles. The number of benzene rings is 1. The van der Waals surface area contributed by atoms with Crippen molar-refractivity contribution < 1.29 is 14.6 Å². The Kier molecular flexibility index (Phi) is 7.39. The van der Waals surface area contributed by atoms with Gasteiger partial charge >= 0.3 is 0 Å². The molecule has 0 aliphatic rings. The maximum absolute atomic E-state index is 12.2. The molecule has 1 amide bonds. The number of anilines is 1. The second-order valence-electron chi connectivity index (χ2n) is 7.60. The lowest BCUT2D eigenvalue weighted by Crippen LogP contribution is -2.38. The van der Waals surface area contributed by atoms with Gasteiger partial charge < -0.3 is 15.2 Å². The predicted molar refractivity (Wildman–Crippen MR) is 98.5 cm³/mol. The number of aliphatic hydroxyl groups is 1. The Hall–Kier alpha value is -1.43. The molecule has 0 bridgehead atoms. The molecule has 0 aromatic heterocycles. The molecule has 24 heavy (non-hydrogen) atoms. The van der Waals surface area contributed by atoms with Gasteiger partial charge in [-0.25, -0.2) is 0 Å². The van der Waals surface area contributed by atoms with E-state index in [2.05, 4.69) is 17.4 Å². The van der Waals surface area contributed by atoms with Crippen molar-refractivity contribution in [3.8, 4) is 0 Å². The molecule has 1 rings (SSSR count). The van der Waals surface area contributed by atoms with Crippen LogP contribution in [-0.4, -0.2) is 54.4 Å². The molecule has 0 spiro atoms. The number of carbonyl (C=O) groups excluding carboxylic acids is 1. The summed E-state index contributed by atoms with van der Waals surface area (Å²) in [5.74, 6) is -0.0866. The van der Waals surface area contributed by atoms with Gasteiger partial charge in [0.15, 0.2) is 0 Å². The first-order valence-corrected chi connectivity index (χ1v) is 8.36. The summed E-state index contributed by atoms with van der Waals surface area (Å²) in [4.78, 5) is 14.0. The van der Waals surface area contributed by atoms with Crippen LogP contribution in [0, 0.1) is 20.8 Å². The Balaban J connectivity index is 2.50. The number of ether oxygens (including phenoxy) is 1. The fourth-order valence-electron chi connectivity index (χ4n) is 2.62. The van der Waals surface area contributed by atoms with Crippen LogP contribution in [0.15, 0.2) is 12.1 Å². The average Bonchev–Trinajstić information content (AvgIpc) is 2.39. The highest BCUT2D eigenvalue weighted by Crippen LogP contribution is 2.21. The molecule has 136 valence electrons. The third-order valence-corrected chi connectivity index (χ3v) is 3.59. The van der Waals surface area contributed by atoms with Crippen molar-refractivity contribution >= 4 is 11.6 Å². The van der Waals surface area contributed by atoms with E-state index in [-0.39, 0.29) is 24.7 Å². The molecule has 0 aliphatic carbocycles. The van der Waals surface area contributed by atoms with Gasteiger partial charge in [-0.15, -0.1) is 0 Å². The van der Waals surface area contributed by atoms with E-state index < -0.39 is 6.10 Å². The van der Waals surface area contributed by atoms with E-state index in [1.54, 1.807) is 4.90 Å². The van der Waals surface area contributed by atoms with Gasteiger partial charge in [-0.1, -0.05) is 17.7 Å². The number of carbonyl (C=O) groups is 1. The Labute approximate surface area is 146 Å². The summed E-state index contributed by atoms with van der Waals surface area (Å²) in [6.45, 7) is 12.7. The first kappa shape index (κ1) is 20.6. The quantitative estimate of drug-likeness (QED) is 0.803. The highest BCUT2D eigenvalue weighted by atomic mass is 16.5. The number of aliphatic hydroxyl groups excluding tert-OH is 1. The van der Waals surface area contributed by atoms with Gasteiger partial charge in [0.25, 0.3) is 0 Å². The van der Waals surface area contributed by atoms with Crippen LogP contribution in [0.5, 0.6) is 0 Å². The second kappa shape index (κ2) is 8.60. The van der Waals surface area contributed by atoms with Gasteiger partial charge in [-0.2, -0.15) is 0 Å². The van der Waals surface area contributed by atoms with Gasteiger partial charge in [0.1, 0.15) is 0 Å². The third kappa shape index (κ3) is 7.43. The van der Waals surface area contributed by atoms with Crippen LogP contribution < -0.4 is 5.32 Å². The van der Waals surface area contributed by atoms with Crippen molar-refractivity contribution in [2.45, 2.75) is 53.2 Å². The van der Waals surface area contributed by atoms with Gasteiger partial charge in [0.05, 0.1) is 24.9 Å². The molecule has 0 saturated carbocycles. The summed E-state index contributed by atoms with van der Waals surface area (Å²) in [7, 11) is 1.81. The fraction of sp³-hybridized carbons (Fsp3) is 0.632. The molecular formula is C19H32N2O3. The summed E-state index contributed by atoms with van der Waals surface area (Å²) < 4.78 is 5.56. The molecule has 1 atom stereocenters.